The zero-order valence-electron chi connectivity index (χ0n) is 10.8. The molecular formula is C14H19FN2O. The lowest BCUT2D eigenvalue weighted by molar-refractivity contribution is 0.0911. The van der Waals surface area contributed by atoms with Crippen LogP contribution in [0.15, 0.2) is 18.2 Å². The van der Waals surface area contributed by atoms with Gasteiger partial charge in [0, 0.05) is 12.6 Å². The summed E-state index contributed by atoms with van der Waals surface area (Å²) in [6.45, 7) is 5.69. The number of hydrogen-bond donors (Lipinski definition) is 2. The van der Waals surface area contributed by atoms with E-state index < -0.39 is 5.82 Å². The van der Waals surface area contributed by atoms with Crippen molar-refractivity contribution < 1.29 is 9.18 Å². The molecule has 0 saturated carbocycles. The van der Waals surface area contributed by atoms with Gasteiger partial charge in [0.15, 0.2) is 0 Å². The fourth-order valence-corrected chi connectivity index (χ4v) is 2.24. The van der Waals surface area contributed by atoms with Crippen LogP contribution in [0.1, 0.15) is 29.3 Å². The molecule has 0 unspecified atom stereocenters. The molecule has 1 heterocycles. The van der Waals surface area contributed by atoms with Crippen LogP contribution in [0.25, 0.3) is 0 Å². The predicted octanol–water partition coefficient (Wildman–Crippen LogP) is 1.86. The highest BCUT2D eigenvalue weighted by Crippen LogP contribution is 2.14. The van der Waals surface area contributed by atoms with Gasteiger partial charge in [0.25, 0.3) is 5.91 Å². The second-order valence-electron chi connectivity index (χ2n) is 5.03. The van der Waals surface area contributed by atoms with Crippen molar-refractivity contribution in [3.63, 3.8) is 0 Å². The van der Waals surface area contributed by atoms with Gasteiger partial charge in [-0.05, 0) is 37.9 Å². The molecule has 0 spiro atoms. The lowest BCUT2D eigenvalue weighted by Gasteiger charge is -2.30. The maximum atomic E-state index is 13.6. The van der Waals surface area contributed by atoms with Gasteiger partial charge in [-0.3, -0.25) is 4.79 Å². The smallest absolute Gasteiger partial charge is 0.254 e. The number of piperidine rings is 1. The maximum absolute atomic E-state index is 13.6. The zero-order chi connectivity index (χ0) is 13.1. The van der Waals surface area contributed by atoms with Crippen molar-refractivity contribution in [1.29, 1.82) is 0 Å². The van der Waals surface area contributed by atoms with Crippen LogP contribution in [0.4, 0.5) is 4.39 Å². The SMILES string of the molecule is Cc1ccc(F)c(C(=O)N[C@H]2CNCC[C@@H]2C)c1. The molecule has 0 bridgehead atoms. The number of halogens is 1. The minimum atomic E-state index is -0.463. The molecule has 1 fully saturated rings. The summed E-state index contributed by atoms with van der Waals surface area (Å²) in [7, 11) is 0. The molecule has 2 N–H and O–H groups in total. The molecule has 4 heteroatoms. The minimum absolute atomic E-state index is 0.0752. The molecule has 1 aromatic rings. The van der Waals surface area contributed by atoms with Crippen molar-refractivity contribution in [2.24, 2.45) is 5.92 Å². The molecule has 98 valence electrons. The Morgan fingerprint density at radius 1 is 1.50 bits per heavy atom. The lowest BCUT2D eigenvalue weighted by Crippen LogP contribution is -2.50. The maximum Gasteiger partial charge on any atom is 0.254 e. The highest BCUT2D eigenvalue weighted by molar-refractivity contribution is 5.94. The molecule has 0 aliphatic carbocycles. The van der Waals surface area contributed by atoms with Crippen LogP contribution in [-0.4, -0.2) is 25.0 Å². The summed E-state index contributed by atoms with van der Waals surface area (Å²) in [6, 6.07) is 4.67. The van der Waals surface area contributed by atoms with Crippen molar-refractivity contribution >= 4 is 5.91 Å². The van der Waals surface area contributed by atoms with Crippen LogP contribution >= 0.6 is 0 Å². The Bertz CT molecular complexity index is 447. The minimum Gasteiger partial charge on any atom is -0.348 e. The summed E-state index contributed by atoms with van der Waals surface area (Å²) in [5, 5.41) is 6.15. The summed E-state index contributed by atoms with van der Waals surface area (Å²) in [4.78, 5) is 12.1. The molecule has 2 rings (SSSR count). The second kappa shape index (κ2) is 5.48. The summed E-state index contributed by atoms with van der Waals surface area (Å²) >= 11 is 0. The van der Waals surface area contributed by atoms with E-state index in [0.29, 0.717) is 5.92 Å². The van der Waals surface area contributed by atoms with Crippen LogP contribution < -0.4 is 10.6 Å². The van der Waals surface area contributed by atoms with E-state index in [-0.39, 0.29) is 17.5 Å². The van der Waals surface area contributed by atoms with E-state index in [2.05, 4.69) is 17.6 Å². The molecule has 1 aliphatic rings. The van der Waals surface area contributed by atoms with Crippen molar-refractivity contribution in [3.8, 4) is 0 Å². The quantitative estimate of drug-likeness (QED) is 0.841. The Kier molecular flexibility index (Phi) is 3.97. The number of nitrogens with one attached hydrogen (secondary N) is 2. The lowest BCUT2D eigenvalue weighted by atomic mass is 9.94. The van der Waals surface area contributed by atoms with Gasteiger partial charge in [-0.2, -0.15) is 0 Å². The van der Waals surface area contributed by atoms with Crippen molar-refractivity contribution in [2.75, 3.05) is 13.1 Å². The third-order valence-corrected chi connectivity index (χ3v) is 3.51. The Labute approximate surface area is 107 Å². The Balaban J connectivity index is 2.09. The van der Waals surface area contributed by atoms with Gasteiger partial charge in [-0.25, -0.2) is 4.39 Å². The molecule has 3 nitrogen and oxygen atoms in total. The third kappa shape index (κ3) is 2.88. The fourth-order valence-electron chi connectivity index (χ4n) is 2.24. The van der Waals surface area contributed by atoms with E-state index in [4.69, 9.17) is 0 Å². The zero-order valence-corrected chi connectivity index (χ0v) is 10.8. The first-order chi connectivity index (χ1) is 8.58. The fraction of sp³-hybridized carbons (Fsp3) is 0.500. The first-order valence-electron chi connectivity index (χ1n) is 6.35. The summed E-state index contributed by atoms with van der Waals surface area (Å²) in [5.74, 6) is -0.366. The number of benzene rings is 1. The second-order valence-corrected chi connectivity index (χ2v) is 5.03. The number of carbonyl (C=O) groups excluding carboxylic acids is 1. The van der Waals surface area contributed by atoms with Crippen LogP contribution in [-0.2, 0) is 0 Å². The molecular weight excluding hydrogens is 231 g/mol. The molecule has 1 aliphatic heterocycles. The van der Waals surface area contributed by atoms with Gasteiger partial charge < -0.3 is 10.6 Å². The average molecular weight is 250 g/mol. The average Bonchev–Trinajstić information content (AvgIpc) is 2.35. The number of amides is 1. The first kappa shape index (κ1) is 13.0. The Morgan fingerprint density at radius 2 is 2.28 bits per heavy atom. The van der Waals surface area contributed by atoms with Gasteiger partial charge >= 0.3 is 0 Å². The van der Waals surface area contributed by atoms with Crippen LogP contribution in [0.3, 0.4) is 0 Å². The van der Waals surface area contributed by atoms with E-state index in [9.17, 15) is 9.18 Å². The topological polar surface area (TPSA) is 41.1 Å². The number of carbonyl (C=O) groups is 1. The molecule has 0 radical (unpaired) electrons. The van der Waals surface area contributed by atoms with E-state index in [0.717, 1.165) is 25.1 Å². The molecule has 1 amide bonds. The van der Waals surface area contributed by atoms with Crippen LogP contribution in [0.5, 0.6) is 0 Å². The van der Waals surface area contributed by atoms with Crippen LogP contribution in [0, 0.1) is 18.7 Å². The Hall–Kier alpha value is -1.42. The summed E-state index contributed by atoms with van der Waals surface area (Å²) in [6.07, 6.45) is 1.03. The molecule has 2 atom stereocenters. The number of rotatable bonds is 2. The highest BCUT2D eigenvalue weighted by Gasteiger charge is 2.24. The van der Waals surface area contributed by atoms with Gasteiger partial charge in [-0.1, -0.05) is 18.6 Å². The van der Waals surface area contributed by atoms with Gasteiger partial charge in [0.1, 0.15) is 5.82 Å². The molecule has 1 aromatic carbocycles. The summed E-state index contributed by atoms with van der Waals surface area (Å²) < 4.78 is 13.6. The van der Waals surface area contributed by atoms with E-state index >= 15 is 0 Å². The highest BCUT2D eigenvalue weighted by atomic mass is 19.1. The summed E-state index contributed by atoms with van der Waals surface area (Å²) in [5.41, 5.74) is 1.02. The normalized spacial score (nSPS) is 23.7. The van der Waals surface area contributed by atoms with Crippen LogP contribution in [0.2, 0.25) is 0 Å². The van der Waals surface area contributed by atoms with Gasteiger partial charge in [0.05, 0.1) is 5.56 Å². The molecule has 18 heavy (non-hydrogen) atoms. The third-order valence-electron chi connectivity index (χ3n) is 3.51. The van der Waals surface area contributed by atoms with Crippen molar-refractivity contribution in [2.45, 2.75) is 26.3 Å². The van der Waals surface area contributed by atoms with Crippen molar-refractivity contribution in [1.82, 2.24) is 10.6 Å². The Morgan fingerprint density at radius 3 is 3.00 bits per heavy atom. The number of hydrogen-bond acceptors (Lipinski definition) is 2. The van der Waals surface area contributed by atoms with E-state index in [1.165, 1.54) is 6.07 Å². The number of aryl methyl sites for hydroxylation is 1. The molecule has 1 saturated heterocycles. The monoisotopic (exact) mass is 250 g/mol. The largest absolute Gasteiger partial charge is 0.348 e. The van der Waals surface area contributed by atoms with Crippen molar-refractivity contribution in [3.05, 3.63) is 35.1 Å². The van der Waals surface area contributed by atoms with Gasteiger partial charge in [0.2, 0.25) is 0 Å². The standard InChI is InChI=1S/C14H19FN2O/c1-9-3-4-12(15)11(7-9)14(18)17-13-8-16-6-5-10(13)2/h3-4,7,10,13,16H,5-6,8H2,1-2H3,(H,17,18)/t10-,13-/m0/s1. The van der Waals surface area contributed by atoms with E-state index in [1.54, 1.807) is 12.1 Å². The predicted molar refractivity (Wildman–Crippen MR) is 69.0 cm³/mol. The molecule has 0 aromatic heterocycles. The van der Waals surface area contributed by atoms with E-state index in [1.807, 2.05) is 6.92 Å². The van der Waals surface area contributed by atoms with Gasteiger partial charge in [-0.15, -0.1) is 0 Å². The first-order valence-corrected chi connectivity index (χ1v) is 6.35.